The van der Waals surface area contributed by atoms with Gasteiger partial charge in [0.2, 0.25) is 10.0 Å². The molecule has 4 nitrogen and oxygen atoms in total. The predicted octanol–water partition coefficient (Wildman–Crippen LogP) is 1.58. The van der Waals surface area contributed by atoms with Gasteiger partial charge in [-0.15, -0.1) is 0 Å². The molecule has 0 spiro atoms. The summed E-state index contributed by atoms with van der Waals surface area (Å²) in [7, 11) is -3.66. The summed E-state index contributed by atoms with van der Waals surface area (Å²) in [4.78, 5) is 0.182. The van der Waals surface area contributed by atoms with Crippen molar-refractivity contribution >= 4 is 10.0 Å². The number of rotatable bonds is 2. The molecule has 1 aromatic carbocycles. The van der Waals surface area contributed by atoms with E-state index in [2.05, 4.69) is 0 Å². The highest BCUT2D eigenvalue weighted by molar-refractivity contribution is 7.89. The summed E-state index contributed by atoms with van der Waals surface area (Å²) >= 11 is 0. The minimum atomic E-state index is -3.66. The van der Waals surface area contributed by atoms with Crippen LogP contribution in [0.15, 0.2) is 29.2 Å². The van der Waals surface area contributed by atoms with Crippen LogP contribution in [0.25, 0.3) is 0 Å². The second kappa shape index (κ2) is 4.53. The second-order valence-electron chi connectivity index (χ2n) is 3.94. The Kier molecular flexibility index (Phi) is 3.28. The molecule has 1 unspecified atom stereocenters. The largest absolute Gasteiger partial charge is 0.373 e. The molecule has 1 aliphatic rings. The fraction of sp³-hybridized carbons (Fsp3) is 0.455. The van der Waals surface area contributed by atoms with Crippen LogP contribution in [0.5, 0.6) is 0 Å². The van der Waals surface area contributed by atoms with Crippen LogP contribution >= 0.6 is 0 Å². The monoisotopic (exact) mass is 241 g/mol. The maximum absolute atomic E-state index is 11.4. The Bertz CT molecular complexity index is 464. The van der Waals surface area contributed by atoms with Gasteiger partial charge in [0.25, 0.3) is 0 Å². The molecule has 0 bridgehead atoms. The molecule has 1 fully saturated rings. The topological polar surface area (TPSA) is 69.4 Å². The van der Waals surface area contributed by atoms with E-state index in [0.29, 0.717) is 12.2 Å². The number of nitrogens with two attached hydrogens (primary N) is 1. The van der Waals surface area contributed by atoms with E-state index in [1.807, 2.05) is 6.07 Å². The third-order valence-corrected chi connectivity index (χ3v) is 3.74. The molecule has 1 heterocycles. The zero-order valence-electron chi connectivity index (χ0n) is 8.93. The summed E-state index contributed by atoms with van der Waals surface area (Å²) < 4.78 is 28.4. The van der Waals surface area contributed by atoms with Crippen LogP contribution in [-0.2, 0) is 14.8 Å². The van der Waals surface area contributed by atoms with Gasteiger partial charge < -0.3 is 4.74 Å². The highest BCUT2D eigenvalue weighted by Crippen LogP contribution is 2.31. The van der Waals surface area contributed by atoms with Gasteiger partial charge in [0.15, 0.2) is 0 Å². The second-order valence-corrected chi connectivity index (χ2v) is 5.47. The first-order chi connectivity index (χ1) is 7.59. The van der Waals surface area contributed by atoms with Crippen molar-refractivity contribution in [2.45, 2.75) is 30.3 Å². The van der Waals surface area contributed by atoms with Crippen LogP contribution in [-0.4, -0.2) is 15.0 Å². The number of hydrogen-bond donors (Lipinski definition) is 1. The molecule has 1 atom stereocenters. The van der Waals surface area contributed by atoms with Crippen molar-refractivity contribution in [1.82, 2.24) is 0 Å². The Hall–Kier alpha value is -0.910. The summed E-state index contributed by atoms with van der Waals surface area (Å²) in [5.74, 6) is 0. The summed E-state index contributed by atoms with van der Waals surface area (Å²) in [6.07, 6.45) is 2.81. The molecule has 0 saturated carbocycles. The van der Waals surface area contributed by atoms with Crippen LogP contribution < -0.4 is 5.14 Å². The molecule has 88 valence electrons. The first kappa shape index (κ1) is 11.6. The molecular formula is C11H15NO3S. The average molecular weight is 241 g/mol. The van der Waals surface area contributed by atoms with Crippen LogP contribution in [0.2, 0.25) is 0 Å². The van der Waals surface area contributed by atoms with E-state index in [-0.39, 0.29) is 11.0 Å². The molecule has 5 heteroatoms. The molecule has 16 heavy (non-hydrogen) atoms. The number of primary sulfonamides is 1. The van der Waals surface area contributed by atoms with Crippen molar-refractivity contribution in [3.63, 3.8) is 0 Å². The third kappa shape index (κ3) is 2.42. The SMILES string of the molecule is NS(=O)(=O)c1ccccc1C1CCCCO1. The Balaban J connectivity index is 2.40. The number of sulfonamides is 1. The van der Waals surface area contributed by atoms with E-state index in [0.717, 1.165) is 19.3 Å². The van der Waals surface area contributed by atoms with E-state index in [4.69, 9.17) is 9.88 Å². The van der Waals surface area contributed by atoms with Crippen LogP contribution in [0.1, 0.15) is 30.9 Å². The maximum Gasteiger partial charge on any atom is 0.238 e. The van der Waals surface area contributed by atoms with Gasteiger partial charge in [0.05, 0.1) is 11.0 Å². The fourth-order valence-corrected chi connectivity index (χ4v) is 2.79. The zero-order chi connectivity index (χ0) is 11.6. The Morgan fingerprint density at radius 2 is 2.00 bits per heavy atom. The highest BCUT2D eigenvalue weighted by Gasteiger charge is 2.22. The van der Waals surface area contributed by atoms with Gasteiger partial charge in [-0.05, 0) is 25.3 Å². The standard InChI is InChI=1S/C11H15NO3S/c12-16(13,14)11-7-2-1-5-9(11)10-6-3-4-8-15-10/h1-2,5,7,10H,3-4,6,8H2,(H2,12,13,14). The summed E-state index contributed by atoms with van der Waals surface area (Å²) in [6.45, 7) is 0.684. The van der Waals surface area contributed by atoms with Gasteiger partial charge >= 0.3 is 0 Å². The van der Waals surface area contributed by atoms with E-state index in [9.17, 15) is 8.42 Å². The van der Waals surface area contributed by atoms with E-state index >= 15 is 0 Å². The van der Waals surface area contributed by atoms with Crippen molar-refractivity contribution < 1.29 is 13.2 Å². The lowest BCUT2D eigenvalue weighted by molar-refractivity contribution is 0.0133. The zero-order valence-corrected chi connectivity index (χ0v) is 9.74. The van der Waals surface area contributed by atoms with Crippen LogP contribution in [0.4, 0.5) is 0 Å². The van der Waals surface area contributed by atoms with Crippen molar-refractivity contribution in [3.05, 3.63) is 29.8 Å². The van der Waals surface area contributed by atoms with Gasteiger partial charge in [0, 0.05) is 12.2 Å². The molecule has 1 aromatic rings. The molecular weight excluding hydrogens is 226 g/mol. The van der Waals surface area contributed by atoms with E-state index < -0.39 is 10.0 Å². The molecule has 0 aromatic heterocycles. The van der Waals surface area contributed by atoms with Gasteiger partial charge in [-0.25, -0.2) is 13.6 Å². The predicted molar refractivity (Wildman–Crippen MR) is 60.4 cm³/mol. The first-order valence-electron chi connectivity index (χ1n) is 5.32. The Morgan fingerprint density at radius 3 is 2.62 bits per heavy atom. The highest BCUT2D eigenvalue weighted by atomic mass is 32.2. The number of benzene rings is 1. The summed E-state index contributed by atoms with van der Waals surface area (Å²) in [6, 6.07) is 6.78. The van der Waals surface area contributed by atoms with E-state index in [1.165, 1.54) is 6.07 Å². The van der Waals surface area contributed by atoms with Crippen molar-refractivity contribution in [1.29, 1.82) is 0 Å². The maximum atomic E-state index is 11.4. The number of ether oxygens (including phenoxy) is 1. The molecule has 1 saturated heterocycles. The molecule has 1 aliphatic heterocycles. The van der Waals surface area contributed by atoms with Crippen molar-refractivity contribution in [3.8, 4) is 0 Å². The molecule has 0 radical (unpaired) electrons. The normalized spacial score (nSPS) is 21.9. The average Bonchev–Trinajstić information content (AvgIpc) is 2.29. The lowest BCUT2D eigenvalue weighted by atomic mass is 10.0. The first-order valence-corrected chi connectivity index (χ1v) is 6.87. The fourth-order valence-electron chi connectivity index (χ4n) is 1.99. The minimum Gasteiger partial charge on any atom is -0.373 e. The quantitative estimate of drug-likeness (QED) is 0.854. The van der Waals surface area contributed by atoms with Gasteiger partial charge in [-0.1, -0.05) is 18.2 Å². The summed E-state index contributed by atoms with van der Waals surface area (Å²) in [5.41, 5.74) is 0.685. The lowest BCUT2D eigenvalue weighted by Crippen LogP contribution is -2.19. The molecule has 2 rings (SSSR count). The molecule has 0 aliphatic carbocycles. The van der Waals surface area contributed by atoms with Crippen LogP contribution in [0, 0.1) is 0 Å². The Morgan fingerprint density at radius 1 is 1.25 bits per heavy atom. The van der Waals surface area contributed by atoms with Crippen LogP contribution in [0.3, 0.4) is 0 Å². The van der Waals surface area contributed by atoms with Gasteiger partial charge in [-0.2, -0.15) is 0 Å². The minimum absolute atomic E-state index is 0.136. The molecule has 0 amide bonds. The van der Waals surface area contributed by atoms with Gasteiger partial charge in [0.1, 0.15) is 0 Å². The smallest absolute Gasteiger partial charge is 0.238 e. The summed E-state index contributed by atoms with van der Waals surface area (Å²) in [5, 5.41) is 5.18. The lowest BCUT2D eigenvalue weighted by Gasteiger charge is -2.24. The van der Waals surface area contributed by atoms with E-state index in [1.54, 1.807) is 12.1 Å². The number of hydrogen-bond acceptors (Lipinski definition) is 3. The van der Waals surface area contributed by atoms with Crippen molar-refractivity contribution in [2.75, 3.05) is 6.61 Å². The Labute approximate surface area is 95.5 Å². The molecule has 2 N–H and O–H groups in total. The van der Waals surface area contributed by atoms with Crippen molar-refractivity contribution in [2.24, 2.45) is 5.14 Å². The van der Waals surface area contributed by atoms with Gasteiger partial charge in [-0.3, -0.25) is 0 Å². The third-order valence-electron chi connectivity index (χ3n) is 2.75.